The zero-order valence-corrected chi connectivity index (χ0v) is 13.8. The van der Waals surface area contributed by atoms with Crippen molar-refractivity contribution in [3.8, 4) is 5.75 Å². The van der Waals surface area contributed by atoms with Crippen LogP contribution in [0.15, 0.2) is 47.1 Å². The maximum absolute atomic E-state index is 12.2. The quantitative estimate of drug-likeness (QED) is 0.737. The number of amides is 2. The minimum Gasteiger partial charge on any atom is -0.482 e. The Hall–Kier alpha value is -3.29. The van der Waals surface area contributed by atoms with Gasteiger partial charge in [0, 0.05) is 11.8 Å². The van der Waals surface area contributed by atoms with E-state index in [4.69, 9.17) is 9.15 Å². The number of benzene rings is 1. The van der Waals surface area contributed by atoms with Crippen LogP contribution in [0.4, 0.5) is 5.69 Å². The predicted octanol–water partition coefficient (Wildman–Crippen LogP) is 1.59. The molecule has 0 saturated heterocycles. The van der Waals surface area contributed by atoms with Gasteiger partial charge in [0.15, 0.2) is 12.4 Å². The summed E-state index contributed by atoms with van der Waals surface area (Å²) in [5.74, 6) is -0.884. The number of esters is 1. The molecule has 1 atom stereocenters. The number of rotatable bonds is 7. The molecule has 2 amide bonds. The van der Waals surface area contributed by atoms with E-state index in [1.54, 1.807) is 37.3 Å². The van der Waals surface area contributed by atoms with Crippen molar-refractivity contribution < 1.29 is 28.3 Å². The third-order valence-electron chi connectivity index (χ3n) is 3.17. The number of ether oxygens (including phenoxy) is 2. The molecule has 132 valence electrons. The van der Waals surface area contributed by atoms with Crippen LogP contribution in [0, 0.1) is 0 Å². The Bertz CT molecular complexity index is 741. The molecule has 1 aromatic heterocycles. The van der Waals surface area contributed by atoms with Crippen LogP contribution in [0.3, 0.4) is 0 Å². The standard InChI is InChI=1S/C17H18N2O6/c1-11(18-17(22)14-7-4-8-24-14)16(21)19-12-5-3-6-13(9-12)25-10-15(20)23-2/h3-9,11H,10H2,1-2H3,(H,18,22)(H,19,21)/t11-/m1/s1. The Kier molecular flexibility index (Phi) is 6.16. The first-order valence-electron chi connectivity index (χ1n) is 7.44. The van der Waals surface area contributed by atoms with Crippen LogP contribution in [0.25, 0.3) is 0 Å². The van der Waals surface area contributed by atoms with E-state index in [2.05, 4.69) is 15.4 Å². The van der Waals surface area contributed by atoms with Crippen molar-refractivity contribution in [3.63, 3.8) is 0 Å². The van der Waals surface area contributed by atoms with E-state index in [9.17, 15) is 14.4 Å². The van der Waals surface area contributed by atoms with Gasteiger partial charge in [0.05, 0.1) is 13.4 Å². The maximum atomic E-state index is 12.2. The highest BCUT2D eigenvalue weighted by molar-refractivity contribution is 5.99. The molecule has 0 bridgehead atoms. The van der Waals surface area contributed by atoms with Crippen molar-refractivity contribution >= 4 is 23.5 Å². The highest BCUT2D eigenvalue weighted by Gasteiger charge is 2.18. The average molecular weight is 346 g/mol. The average Bonchev–Trinajstić information content (AvgIpc) is 3.14. The molecule has 0 aliphatic carbocycles. The molecular weight excluding hydrogens is 328 g/mol. The summed E-state index contributed by atoms with van der Waals surface area (Å²) in [4.78, 5) is 35.1. The molecule has 1 aromatic carbocycles. The Morgan fingerprint density at radius 1 is 1.20 bits per heavy atom. The summed E-state index contributed by atoms with van der Waals surface area (Å²) in [7, 11) is 1.26. The summed E-state index contributed by atoms with van der Waals surface area (Å²) in [5.41, 5.74) is 0.464. The molecule has 25 heavy (non-hydrogen) atoms. The number of furan rings is 1. The van der Waals surface area contributed by atoms with Gasteiger partial charge in [-0.1, -0.05) is 6.07 Å². The predicted molar refractivity (Wildman–Crippen MR) is 88.2 cm³/mol. The lowest BCUT2D eigenvalue weighted by Crippen LogP contribution is -2.41. The van der Waals surface area contributed by atoms with E-state index in [-0.39, 0.29) is 12.4 Å². The van der Waals surface area contributed by atoms with Gasteiger partial charge in [0.1, 0.15) is 11.8 Å². The summed E-state index contributed by atoms with van der Waals surface area (Å²) >= 11 is 0. The third-order valence-corrected chi connectivity index (χ3v) is 3.17. The SMILES string of the molecule is COC(=O)COc1cccc(NC(=O)[C@@H](C)NC(=O)c2ccco2)c1. The van der Waals surface area contributed by atoms with Crippen LogP contribution in [-0.2, 0) is 14.3 Å². The fourth-order valence-electron chi connectivity index (χ4n) is 1.86. The highest BCUT2D eigenvalue weighted by atomic mass is 16.6. The van der Waals surface area contributed by atoms with Crippen molar-refractivity contribution in [1.29, 1.82) is 0 Å². The largest absolute Gasteiger partial charge is 0.482 e. The number of nitrogens with one attached hydrogen (secondary N) is 2. The molecule has 2 rings (SSSR count). The van der Waals surface area contributed by atoms with Crippen molar-refractivity contribution in [2.45, 2.75) is 13.0 Å². The normalized spacial score (nSPS) is 11.3. The van der Waals surface area contributed by atoms with Crippen molar-refractivity contribution in [1.82, 2.24) is 5.32 Å². The number of hydrogen-bond donors (Lipinski definition) is 2. The summed E-state index contributed by atoms with van der Waals surface area (Å²) in [5, 5.41) is 5.18. The number of carbonyl (C=O) groups excluding carboxylic acids is 3. The third kappa shape index (κ3) is 5.38. The van der Waals surface area contributed by atoms with Gasteiger partial charge in [-0.2, -0.15) is 0 Å². The van der Waals surface area contributed by atoms with Gasteiger partial charge in [-0.3, -0.25) is 9.59 Å². The molecule has 0 unspecified atom stereocenters. The second-order valence-electron chi connectivity index (χ2n) is 5.05. The molecule has 0 radical (unpaired) electrons. The Balaban J connectivity index is 1.91. The van der Waals surface area contributed by atoms with E-state index < -0.39 is 23.8 Å². The molecule has 1 heterocycles. The van der Waals surface area contributed by atoms with E-state index in [0.29, 0.717) is 11.4 Å². The molecule has 0 aliphatic rings. The summed E-state index contributed by atoms with van der Waals surface area (Å²) in [6.45, 7) is 1.32. The van der Waals surface area contributed by atoms with E-state index in [0.717, 1.165) is 0 Å². The van der Waals surface area contributed by atoms with E-state index >= 15 is 0 Å². The number of hydrogen-bond acceptors (Lipinski definition) is 6. The van der Waals surface area contributed by atoms with Crippen LogP contribution in [0.1, 0.15) is 17.5 Å². The minimum absolute atomic E-state index is 0.123. The molecule has 0 saturated carbocycles. The first-order valence-corrected chi connectivity index (χ1v) is 7.44. The summed E-state index contributed by atoms with van der Waals surface area (Å²) in [6, 6.07) is 8.82. The summed E-state index contributed by atoms with van der Waals surface area (Å²) in [6.07, 6.45) is 1.37. The van der Waals surface area contributed by atoms with E-state index in [1.807, 2.05) is 0 Å². The van der Waals surface area contributed by atoms with Crippen LogP contribution >= 0.6 is 0 Å². The Labute approximate surface area is 144 Å². The van der Waals surface area contributed by atoms with Crippen LogP contribution < -0.4 is 15.4 Å². The fraction of sp³-hybridized carbons (Fsp3) is 0.235. The molecule has 8 nitrogen and oxygen atoms in total. The van der Waals surface area contributed by atoms with Gasteiger partial charge >= 0.3 is 5.97 Å². The smallest absolute Gasteiger partial charge is 0.343 e. The number of anilines is 1. The zero-order valence-electron chi connectivity index (χ0n) is 13.8. The van der Waals surface area contributed by atoms with Gasteiger partial charge in [-0.15, -0.1) is 0 Å². The second-order valence-corrected chi connectivity index (χ2v) is 5.05. The molecule has 0 fully saturated rings. The van der Waals surface area contributed by atoms with Gasteiger partial charge in [-0.05, 0) is 31.2 Å². The summed E-state index contributed by atoms with van der Waals surface area (Å²) < 4.78 is 14.7. The van der Waals surface area contributed by atoms with Crippen LogP contribution in [-0.4, -0.2) is 37.5 Å². The van der Waals surface area contributed by atoms with Crippen molar-refractivity contribution in [2.75, 3.05) is 19.0 Å². The topological polar surface area (TPSA) is 107 Å². The monoisotopic (exact) mass is 346 g/mol. The number of methoxy groups -OCH3 is 1. The molecule has 8 heteroatoms. The van der Waals surface area contributed by atoms with E-state index in [1.165, 1.54) is 19.4 Å². The molecule has 0 spiro atoms. The molecular formula is C17H18N2O6. The van der Waals surface area contributed by atoms with Gasteiger partial charge in [0.2, 0.25) is 5.91 Å². The van der Waals surface area contributed by atoms with Gasteiger partial charge in [-0.25, -0.2) is 4.79 Å². The maximum Gasteiger partial charge on any atom is 0.343 e. The Morgan fingerprint density at radius 2 is 2.00 bits per heavy atom. The van der Waals surface area contributed by atoms with Crippen LogP contribution in [0.2, 0.25) is 0 Å². The fourth-order valence-corrected chi connectivity index (χ4v) is 1.86. The lowest BCUT2D eigenvalue weighted by Gasteiger charge is -2.14. The van der Waals surface area contributed by atoms with Gasteiger partial charge < -0.3 is 24.5 Å². The zero-order chi connectivity index (χ0) is 18.2. The molecule has 2 aromatic rings. The van der Waals surface area contributed by atoms with Crippen molar-refractivity contribution in [2.24, 2.45) is 0 Å². The highest BCUT2D eigenvalue weighted by Crippen LogP contribution is 2.17. The van der Waals surface area contributed by atoms with Crippen LogP contribution in [0.5, 0.6) is 5.75 Å². The van der Waals surface area contributed by atoms with Gasteiger partial charge in [0.25, 0.3) is 5.91 Å². The lowest BCUT2D eigenvalue weighted by atomic mass is 10.2. The Morgan fingerprint density at radius 3 is 2.68 bits per heavy atom. The first-order chi connectivity index (χ1) is 12.0. The lowest BCUT2D eigenvalue weighted by molar-refractivity contribution is -0.142. The van der Waals surface area contributed by atoms with Crippen molar-refractivity contribution in [3.05, 3.63) is 48.4 Å². The second kappa shape index (κ2) is 8.53. The first kappa shape index (κ1) is 18.1. The molecule has 2 N–H and O–H groups in total. The minimum atomic E-state index is -0.780. The number of carbonyl (C=O) groups is 3. The molecule has 0 aliphatic heterocycles.